The molecule has 1 aliphatic rings. The monoisotopic (exact) mass is 340 g/mol. The highest BCUT2D eigenvalue weighted by molar-refractivity contribution is 5.85. The molecule has 23 heavy (non-hydrogen) atoms. The second kappa shape index (κ2) is 10.3. The van der Waals surface area contributed by atoms with Gasteiger partial charge < -0.3 is 14.4 Å². The Morgan fingerprint density at radius 1 is 1.30 bits per heavy atom. The number of halogens is 1. The Balaban J connectivity index is 0.00000264. The van der Waals surface area contributed by atoms with Gasteiger partial charge in [0.15, 0.2) is 0 Å². The first-order valence-corrected chi connectivity index (χ1v) is 7.55. The summed E-state index contributed by atoms with van der Waals surface area (Å²) in [5.41, 5.74) is 1.09. The fourth-order valence-electron chi connectivity index (χ4n) is 2.45. The molecule has 0 spiro atoms. The van der Waals surface area contributed by atoms with Crippen LogP contribution in [0.25, 0.3) is 0 Å². The topological polar surface area (TPSA) is 50.8 Å². The smallest absolute Gasteiger partial charge is 0.243 e. The molecule has 1 amide bonds. The third-order valence-electron chi connectivity index (χ3n) is 3.67. The first-order chi connectivity index (χ1) is 10.7. The van der Waals surface area contributed by atoms with Gasteiger partial charge in [0.25, 0.3) is 0 Å². The number of carbonyl (C=O) groups excluding carboxylic acids is 1. The lowest BCUT2D eigenvalue weighted by molar-refractivity contribution is -0.132. The summed E-state index contributed by atoms with van der Waals surface area (Å²) in [7, 11) is 3.32. The van der Waals surface area contributed by atoms with Gasteiger partial charge in [-0.15, -0.1) is 12.4 Å². The van der Waals surface area contributed by atoms with Crippen molar-refractivity contribution in [2.75, 3.05) is 33.9 Å². The van der Waals surface area contributed by atoms with Gasteiger partial charge >= 0.3 is 0 Å². The molecule has 1 aromatic carbocycles. The molecule has 1 unspecified atom stereocenters. The van der Waals surface area contributed by atoms with Crippen LogP contribution < -0.4 is 10.1 Å². The predicted molar refractivity (Wildman–Crippen MR) is 93.1 cm³/mol. The molecule has 5 nitrogen and oxygen atoms in total. The van der Waals surface area contributed by atoms with Crippen molar-refractivity contribution in [1.82, 2.24) is 10.2 Å². The Kier molecular flexibility index (Phi) is 8.69. The minimum atomic E-state index is -0.208. The van der Waals surface area contributed by atoms with Gasteiger partial charge in [-0.25, -0.2) is 0 Å². The highest BCUT2D eigenvalue weighted by atomic mass is 35.5. The molecule has 2 rings (SSSR count). The maximum Gasteiger partial charge on any atom is 0.243 e. The summed E-state index contributed by atoms with van der Waals surface area (Å²) in [5.74, 6) is 0.932. The maximum absolute atomic E-state index is 12.6. The average molecular weight is 341 g/mol. The van der Waals surface area contributed by atoms with Crippen molar-refractivity contribution in [2.45, 2.75) is 19.0 Å². The third-order valence-corrected chi connectivity index (χ3v) is 3.67. The highest BCUT2D eigenvalue weighted by Crippen LogP contribution is 2.14. The van der Waals surface area contributed by atoms with Gasteiger partial charge in [0.05, 0.1) is 7.11 Å². The number of hydrogen-bond acceptors (Lipinski definition) is 4. The van der Waals surface area contributed by atoms with Crippen LogP contribution in [0.1, 0.15) is 12.0 Å². The van der Waals surface area contributed by atoms with Crippen molar-refractivity contribution in [2.24, 2.45) is 0 Å². The molecular weight excluding hydrogens is 316 g/mol. The van der Waals surface area contributed by atoms with Crippen LogP contribution in [-0.2, 0) is 16.1 Å². The lowest BCUT2D eigenvalue weighted by atomic mass is 10.1. The van der Waals surface area contributed by atoms with Crippen LogP contribution in [0.15, 0.2) is 36.4 Å². The lowest BCUT2D eigenvalue weighted by Gasteiger charge is -2.25. The molecule has 1 aliphatic heterocycles. The second-order valence-electron chi connectivity index (χ2n) is 5.27. The van der Waals surface area contributed by atoms with E-state index in [1.54, 1.807) is 14.2 Å². The van der Waals surface area contributed by atoms with Gasteiger partial charge in [-0.1, -0.05) is 24.3 Å². The van der Waals surface area contributed by atoms with Crippen LogP contribution in [0.3, 0.4) is 0 Å². The number of rotatable bonds is 8. The number of nitrogens with one attached hydrogen (secondary N) is 1. The normalized spacial score (nSPS) is 16.0. The van der Waals surface area contributed by atoms with E-state index < -0.39 is 0 Å². The molecule has 0 aromatic heterocycles. The first-order valence-electron chi connectivity index (χ1n) is 7.55. The van der Waals surface area contributed by atoms with Gasteiger partial charge in [-0.05, 0) is 24.1 Å². The second-order valence-corrected chi connectivity index (χ2v) is 5.27. The van der Waals surface area contributed by atoms with Gasteiger partial charge in [0, 0.05) is 33.4 Å². The number of carbonyl (C=O) groups is 1. The molecule has 1 heterocycles. The van der Waals surface area contributed by atoms with Crippen molar-refractivity contribution in [3.8, 4) is 5.75 Å². The van der Waals surface area contributed by atoms with Gasteiger partial charge in [-0.2, -0.15) is 0 Å². The average Bonchev–Trinajstić information content (AvgIpc) is 3.08. The minimum Gasteiger partial charge on any atom is -0.497 e. The Hall–Kier alpha value is -1.56. The van der Waals surface area contributed by atoms with Crippen LogP contribution in [0, 0.1) is 0 Å². The summed E-state index contributed by atoms with van der Waals surface area (Å²) in [6.07, 6.45) is 4.75. The molecule has 1 atom stereocenters. The van der Waals surface area contributed by atoms with E-state index in [2.05, 4.69) is 5.32 Å². The predicted octanol–water partition coefficient (Wildman–Crippen LogP) is 2.01. The molecule has 0 radical (unpaired) electrons. The Morgan fingerprint density at radius 2 is 2.04 bits per heavy atom. The zero-order chi connectivity index (χ0) is 15.8. The van der Waals surface area contributed by atoms with E-state index in [1.165, 1.54) is 0 Å². The molecule has 0 saturated heterocycles. The van der Waals surface area contributed by atoms with Crippen LogP contribution >= 0.6 is 12.4 Å². The molecule has 0 aliphatic carbocycles. The van der Waals surface area contributed by atoms with Crippen molar-refractivity contribution in [3.63, 3.8) is 0 Å². The Bertz CT molecular complexity index is 505. The largest absolute Gasteiger partial charge is 0.497 e. The molecule has 0 fully saturated rings. The SMILES string of the molecule is COCCCN(Cc1ccc(OC)cc1)C(=O)C1C=CCN1.Cl. The number of benzene rings is 1. The maximum atomic E-state index is 12.6. The molecular formula is C17H25ClN2O3. The number of amides is 1. The summed E-state index contributed by atoms with van der Waals surface area (Å²) in [6.45, 7) is 2.69. The zero-order valence-corrected chi connectivity index (χ0v) is 14.5. The van der Waals surface area contributed by atoms with E-state index in [-0.39, 0.29) is 24.4 Å². The first kappa shape index (κ1) is 19.5. The third kappa shape index (κ3) is 5.86. The Morgan fingerprint density at radius 3 is 2.61 bits per heavy atom. The van der Waals surface area contributed by atoms with Crippen molar-refractivity contribution in [1.29, 1.82) is 0 Å². The fourth-order valence-corrected chi connectivity index (χ4v) is 2.45. The van der Waals surface area contributed by atoms with E-state index in [9.17, 15) is 4.79 Å². The van der Waals surface area contributed by atoms with Crippen LogP contribution in [0.5, 0.6) is 5.75 Å². The quantitative estimate of drug-likeness (QED) is 0.581. The summed E-state index contributed by atoms with van der Waals surface area (Å²) in [4.78, 5) is 14.5. The van der Waals surface area contributed by atoms with E-state index in [4.69, 9.17) is 9.47 Å². The minimum absolute atomic E-state index is 0. The highest BCUT2D eigenvalue weighted by Gasteiger charge is 2.23. The summed E-state index contributed by atoms with van der Waals surface area (Å²) < 4.78 is 10.3. The van der Waals surface area contributed by atoms with E-state index in [0.29, 0.717) is 19.7 Å². The number of methoxy groups -OCH3 is 2. The number of ether oxygens (including phenoxy) is 2. The van der Waals surface area contributed by atoms with Crippen LogP contribution in [0.2, 0.25) is 0 Å². The van der Waals surface area contributed by atoms with Crippen molar-refractivity contribution < 1.29 is 14.3 Å². The van der Waals surface area contributed by atoms with E-state index in [1.807, 2.05) is 41.3 Å². The van der Waals surface area contributed by atoms with Crippen molar-refractivity contribution >= 4 is 18.3 Å². The molecule has 1 N–H and O–H groups in total. The van der Waals surface area contributed by atoms with Crippen LogP contribution in [-0.4, -0.2) is 50.8 Å². The van der Waals surface area contributed by atoms with Crippen LogP contribution in [0.4, 0.5) is 0 Å². The molecule has 128 valence electrons. The molecule has 0 bridgehead atoms. The fraction of sp³-hybridized carbons (Fsp3) is 0.471. The zero-order valence-electron chi connectivity index (χ0n) is 13.7. The number of nitrogens with zero attached hydrogens (tertiary/aromatic N) is 1. The summed E-state index contributed by atoms with van der Waals surface area (Å²) in [5, 5.41) is 3.18. The van der Waals surface area contributed by atoms with E-state index >= 15 is 0 Å². The summed E-state index contributed by atoms with van der Waals surface area (Å²) in [6, 6.07) is 7.61. The molecule has 0 saturated carbocycles. The lowest BCUT2D eigenvalue weighted by Crippen LogP contribution is -2.43. The Labute approximate surface area is 144 Å². The van der Waals surface area contributed by atoms with Gasteiger partial charge in [0.2, 0.25) is 5.91 Å². The van der Waals surface area contributed by atoms with Gasteiger partial charge in [0.1, 0.15) is 11.8 Å². The van der Waals surface area contributed by atoms with E-state index in [0.717, 1.165) is 24.3 Å². The van der Waals surface area contributed by atoms with Gasteiger partial charge in [-0.3, -0.25) is 10.1 Å². The number of hydrogen-bond donors (Lipinski definition) is 1. The molecule has 6 heteroatoms. The summed E-state index contributed by atoms with van der Waals surface area (Å²) >= 11 is 0. The van der Waals surface area contributed by atoms with Crippen molar-refractivity contribution in [3.05, 3.63) is 42.0 Å². The molecule has 1 aromatic rings. The standard InChI is InChI=1S/C17H24N2O3.ClH/c1-21-12-4-11-19(17(20)16-5-3-10-18-16)13-14-6-8-15(22-2)9-7-14;/h3,5-9,16,18H,4,10-13H2,1-2H3;1H.